The molecule has 9 nitrogen and oxygen atoms in total. The van der Waals surface area contributed by atoms with Gasteiger partial charge >= 0.3 is 0 Å². The Labute approximate surface area is 196 Å². The minimum absolute atomic E-state index is 0.241. The van der Waals surface area contributed by atoms with Crippen LogP contribution in [0.5, 0.6) is 0 Å². The minimum Gasteiger partial charge on any atom is -0.385 e. The second-order valence-electron chi connectivity index (χ2n) is 8.27. The number of ether oxygens (including phenoxy) is 1. The fourth-order valence-electron chi connectivity index (χ4n) is 4.12. The molecular weight excluding hydrogens is 442 g/mol. The first-order valence-corrected chi connectivity index (χ1v) is 12.5. The monoisotopic (exact) mass is 475 g/mol. The lowest BCUT2D eigenvalue weighted by Crippen LogP contribution is -2.44. The molecule has 0 spiro atoms. The van der Waals surface area contributed by atoms with Crippen LogP contribution in [0, 0.1) is 20.8 Å². The normalized spacial score (nSPS) is 14.2. The Kier molecular flexibility index (Phi) is 8.28. The molecule has 1 aromatic heterocycles. The van der Waals surface area contributed by atoms with Gasteiger partial charge in [-0.05, 0) is 44.4 Å². The number of benzene rings is 1. The van der Waals surface area contributed by atoms with Gasteiger partial charge in [-0.3, -0.25) is 9.52 Å². The van der Waals surface area contributed by atoms with Crippen LogP contribution in [0.15, 0.2) is 29.3 Å². The van der Waals surface area contributed by atoms with Crippen LogP contribution in [0.2, 0.25) is 0 Å². The maximum Gasteiger partial charge on any atom is 0.262 e. The Morgan fingerprint density at radius 3 is 2.45 bits per heavy atom. The number of hydrogen-bond acceptors (Lipinski definition) is 7. The zero-order chi connectivity index (χ0) is 24.0. The number of hydrogen-bond donors (Lipinski definition) is 3. The Bertz CT molecular complexity index is 1080. The Balaban J connectivity index is 1.92. The lowest BCUT2D eigenvalue weighted by molar-refractivity contribution is 0.0948. The van der Waals surface area contributed by atoms with E-state index in [1.54, 1.807) is 27.0 Å². The summed E-state index contributed by atoms with van der Waals surface area (Å²) in [5, 5.41) is 6.16. The summed E-state index contributed by atoms with van der Waals surface area (Å²) >= 11 is 0. The number of nitrogens with one attached hydrogen (secondary N) is 3. The lowest BCUT2D eigenvalue weighted by atomic mass is 10.1. The molecule has 1 aromatic carbocycles. The molecule has 0 bridgehead atoms. The van der Waals surface area contributed by atoms with E-state index < -0.39 is 10.0 Å². The number of carbonyl (C=O) groups is 1. The van der Waals surface area contributed by atoms with Crippen molar-refractivity contribution in [2.24, 2.45) is 0 Å². The van der Waals surface area contributed by atoms with Gasteiger partial charge in [-0.1, -0.05) is 17.7 Å². The van der Waals surface area contributed by atoms with Gasteiger partial charge in [0.2, 0.25) is 0 Å². The molecule has 0 aliphatic carbocycles. The van der Waals surface area contributed by atoms with Gasteiger partial charge in [0.25, 0.3) is 15.9 Å². The zero-order valence-electron chi connectivity index (χ0n) is 19.7. The van der Waals surface area contributed by atoms with Crippen LogP contribution >= 0.6 is 0 Å². The number of pyridine rings is 1. The third-order valence-electron chi connectivity index (χ3n) is 5.46. The zero-order valence-corrected chi connectivity index (χ0v) is 20.5. The number of aryl methyl sites for hydroxylation is 3. The molecule has 2 aromatic rings. The summed E-state index contributed by atoms with van der Waals surface area (Å²) < 4.78 is 34.0. The van der Waals surface area contributed by atoms with E-state index in [1.165, 1.54) is 6.20 Å². The van der Waals surface area contributed by atoms with Gasteiger partial charge in [0.15, 0.2) is 0 Å². The van der Waals surface area contributed by atoms with Gasteiger partial charge in [-0.2, -0.15) is 0 Å². The molecule has 3 N–H and O–H groups in total. The van der Waals surface area contributed by atoms with Crippen LogP contribution in [-0.2, 0) is 14.8 Å². The van der Waals surface area contributed by atoms with Crippen molar-refractivity contribution >= 4 is 27.4 Å². The van der Waals surface area contributed by atoms with Crippen LogP contribution in [0.3, 0.4) is 0 Å². The summed E-state index contributed by atoms with van der Waals surface area (Å²) in [4.78, 5) is 19.8. The number of nitrogens with zero attached hydrogens (tertiary/aromatic N) is 2. The fraction of sp³-hybridized carbons (Fsp3) is 0.478. The third-order valence-corrected chi connectivity index (χ3v) is 7.15. The molecule has 10 heteroatoms. The maximum atomic E-state index is 13.2. The number of rotatable bonds is 9. The lowest BCUT2D eigenvalue weighted by Gasteiger charge is -2.30. The Hall–Kier alpha value is -2.69. The van der Waals surface area contributed by atoms with Crippen molar-refractivity contribution in [3.63, 3.8) is 0 Å². The fourth-order valence-corrected chi connectivity index (χ4v) is 5.61. The number of methoxy groups -OCH3 is 1. The number of aromatic nitrogens is 1. The topological polar surface area (TPSA) is 113 Å². The van der Waals surface area contributed by atoms with Crippen molar-refractivity contribution in [1.29, 1.82) is 0 Å². The highest BCUT2D eigenvalue weighted by molar-refractivity contribution is 7.92. The number of amides is 1. The van der Waals surface area contributed by atoms with E-state index in [-0.39, 0.29) is 16.5 Å². The molecule has 1 saturated heterocycles. The van der Waals surface area contributed by atoms with E-state index in [0.717, 1.165) is 18.7 Å². The van der Waals surface area contributed by atoms with Crippen molar-refractivity contribution in [2.45, 2.75) is 32.1 Å². The van der Waals surface area contributed by atoms with Crippen molar-refractivity contribution < 1.29 is 17.9 Å². The van der Waals surface area contributed by atoms with Crippen LogP contribution in [0.25, 0.3) is 0 Å². The average Bonchev–Trinajstić information content (AvgIpc) is 2.76. The highest BCUT2D eigenvalue weighted by Crippen LogP contribution is 2.27. The first-order chi connectivity index (χ1) is 15.7. The van der Waals surface area contributed by atoms with Crippen molar-refractivity contribution in [3.8, 4) is 0 Å². The molecule has 1 aliphatic heterocycles. The predicted octanol–water partition coefficient (Wildman–Crippen LogP) is 1.98. The molecule has 0 radical (unpaired) electrons. The molecule has 0 unspecified atom stereocenters. The number of carbonyl (C=O) groups excluding carboxylic acids is 1. The Morgan fingerprint density at radius 2 is 1.82 bits per heavy atom. The van der Waals surface area contributed by atoms with E-state index >= 15 is 0 Å². The van der Waals surface area contributed by atoms with E-state index in [2.05, 4.69) is 20.3 Å². The number of anilines is 2. The van der Waals surface area contributed by atoms with Crippen LogP contribution in [-0.4, -0.2) is 65.7 Å². The molecule has 180 valence electrons. The number of sulfonamides is 1. The van der Waals surface area contributed by atoms with E-state index in [1.807, 2.05) is 24.0 Å². The largest absolute Gasteiger partial charge is 0.385 e. The number of piperazine rings is 1. The first-order valence-electron chi connectivity index (χ1n) is 11.1. The summed E-state index contributed by atoms with van der Waals surface area (Å²) in [5.41, 5.74) is 2.92. The van der Waals surface area contributed by atoms with Gasteiger partial charge < -0.3 is 20.3 Å². The summed E-state index contributed by atoms with van der Waals surface area (Å²) in [7, 11) is -2.25. The molecule has 33 heavy (non-hydrogen) atoms. The first kappa shape index (κ1) is 24.9. The molecule has 2 heterocycles. The molecule has 1 fully saturated rings. The maximum absolute atomic E-state index is 13.2. The van der Waals surface area contributed by atoms with Gasteiger partial charge in [0.05, 0.1) is 22.3 Å². The van der Waals surface area contributed by atoms with Crippen molar-refractivity contribution in [3.05, 3.63) is 46.6 Å². The van der Waals surface area contributed by atoms with E-state index in [0.29, 0.717) is 55.2 Å². The summed E-state index contributed by atoms with van der Waals surface area (Å²) in [6, 6.07) is 5.24. The summed E-state index contributed by atoms with van der Waals surface area (Å²) in [6.07, 6.45) is 2.15. The van der Waals surface area contributed by atoms with E-state index in [4.69, 9.17) is 4.74 Å². The minimum atomic E-state index is -3.86. The second kappa shape index (κ2) is 11.0. The van der Waals surface area contributed by atoms with Crippen molar-refractivity contribution in [2.75, 3.05) is 56.1 Å². The van der Waals surface area contributed by atoms with Crippen LogP contribution in [0.1, 0.15) is 33.5 Å². The summed E-state index contributed by atoms with van der Waals surface area (Å²) in [5.74, 6) is 0.252. The van der Waals surface area contributed by atoms with Crippen LogP contribution in [0.4, 0.5) is 11.5 Å². The smallest absolute Gasteiger partial charge is 0.262 e. The van der Waals surface area contributed by atoms with E-state index in [9.17, 15) is 13.2 Å². The van der Waals surface area contributed by atoms with Gasteiger partial charge in [0.1, 0.15) is 5.82 Å². The summed E-state index contributed by atoms with van der Waals surface area (Å²) in [6.45, 7) is 9.48. The predicted molar refractivity (Wildman–Crippen MR) is 130 cm³/mol. The quantitative estimate of drug-likeness (QED) is 0.476. The molecule has 0 atom stereocenters. The third kappa shape index (κ3) is 6.21. The van der Waals surface area contributed by atoms with Crippen LogP contribution < -0.4 is 20.3 Å². The molecular formula is C23H33N5O4S. The molecule has 0 saturated carbocycles. The highest BCUT2D eigenvalue weighted by atomic mass is 32.2. The SMILES string of the molecule is COCCCNC(=O)c1cc(NS(=O)(=O)c2c(C)cc(C)cc2C)cnc1N1CCNCC1. The average molecular weight is 476 g/mol. The molecule has 1 aliphatic rings. The standard InChI is InChI=1S/C23H33N5O4S/c1-16-12-17(2)21(18(3)13-16)33(30,31)27-19-14-20(23(29)25-6-5-11-32-4)22(26-15-19)28-9-7-24-8-10-28/h12-15,24,27H,5-11H2,1-4H3,(H,25,29). The van der Waals surface area contributed by atoms with Crippen molar-refractivity contribution in [1.82, 2.24) is 15.6 Å². The highest BCUT2D eigenvalue weighted by Gasteiger charge is 2.24. The van der Waals surface area contributed by atoms with Gasteiger partial charge in [0, 0.05) is 46.4 Å². The molecule has 1 amide bonds. The molecule has 3 rings (SSSR count). The Morgan fingerprint density at radius 1 is 1.15 bits per heavy atom. The van der Waals surface area contributed by atoms with Gasteiger partial charge in [-0.25, -0.2) is 13.4 Å². The van der Waals surface area contributed by atoms with Gasteiger partial charge in [-0.15, -0.1) is 0 Å². The second-order valence-corrected chi connectivity index (χ2v) is 9.89.